The number of phosphoric ester groups is 2. The first kappa shape index (κ1) is 85.1. The summed E-state index contributed by atoms with van der Waals surface area (Å²) in [5.74, 6) is 0.112. The van der Waals surface area contributed by atoms with Gasteiger partial charge in [-0.1, -0.05) is 286 Å². The van der Waals surface area contributed by atoms with Gasteiger partial charge in [0, 0.05) is 25.7 Å². The number of hydrogen-bond donors (Lipinski definition) is 3. The summed E-state index contributed by atoms with van der Waals surface area (Å²) in [5, 5.41) is 10.5. The smallest absolute Gasteiger partial charge is 0.462 e. The Morgan fingerprint density at radius 2 is 0.529 bits per heavy atom. The van der Waals surface area contributed by atoms with Crippen molar-refractivity contribution in [3.05, 3.63) is 0 Å². The molecule has 5 atom stereocenters. The topological polar surface area (TPSA) is 237 Å². The first-order valence-corrected chi connectivity index (χ1v) is 38.3. The van der Waals surface area contributed by atoms with Crippen molar-refractivity contribution in [3.8, 4) is 0 Å². The number of unbranched alkanes of at least 4 members (excludes halogenated alkanes) is 34. The molecule has 0 bridgehead atoms. The fourth-order valence-electron chi connectivity index (χ4n) is 10.2. The Balaban J connectivity index is 5.15. The minimum atomic E-state index is -4.95. The van der Waals surface area contributed by atoms with E-state index in [2.05, 4.69) is 48.5 Å². The predicted octanol–water partition coefficient (Wildman–Crippen LogP) is 19.1. The molecule has 0 aliphatic rings. The molecule has 0 amide bonds. The van der Waals surface area contributed by atoms with E-state index in [-0.39, 0.29) is 25.7 Å². The number of phosphoric acid groups is 2. The fourth-order valence-corrected chi connectivity index (χ4v) is 11.8. The number of aliphatic hydroxyl groups excluding tert-OH is 1. The van der Waals surface area contributed by atoms with Gasteiger partial charge in [-0.05, 0) is 43.4 Å². The summed E-state index contributed by atoms with van der Waals surface area (Å²) in [4.78, 5) is 72.1. The highest BCUT2D eigenvalue weighted by molar-refractivity contribution is 7.47. The molecule has 19 heteroatoms. The Hall–Kier alpha value is -1.94. The first-order valence-electron chi connectivity index (χ1n) is 35.3. The molecule has 0 radical (unpaired) electrons. The van der Waals surface area contributed by atoms with E-state index in [9.17, 15) is 43.2 Å². The molecule has 0 spiro atoms. The fraction of sp³-hybridized carbons (Fsp3) is 0.941. The minimum Gasteiger partial charge on any atom is -0.462 e. The van der Waals surface area contributed by atoms with E-state index in [1.165, 1.54) is 141 Å². The lowest BCUT2D eigenvalue weighted by Gasteiger charge is -2.21. The Bertz CT molecular complexity index is 1720. The monoisotopic (exact) mass is 1280 g/mol. The molecule has 0 heterocycles. The molecular weight excluding hydrogens is 1150 g/mol. The van der Waals surface area contributed by atoms with Crippen LogP contribution in [0.5, 0.6) is 0 Å². The zero-order valence-electron chi connectivity index (χ0n) is 56.5. The van der Waals surface area contributed by atoms with Crippen LogP contribution in [-0.4, -0.2) is 96.7 Å². The summed E-state index contributed by atoms with van der Waals surface area (Å²) in [6, 6.07) is 0. The quantitative estimate of drug-likeness (QED) is 0.0222. The van der Waals surface area contributed by atoms with Crippen LogP contribution in [0.15, 0.2) is 0 Å². The van der Waals surface area contributed by atoms with Gasteiger partial charge in [-0.25, -0.2) is 9.13 Å². The average molecular weight is 1280 g/mol. The van der Waals surface area contributed by atoms with Crippen LogP contribution in [0, 0.1) is 17.8 Å². The molecular formula is C68H132O17P2. The Labute approximate surface area is 530 Å². The van der Waals surface area contributed by atoms with E-state index >= 15 is 0 Å². The molecule has 3 N–H and O–H groups in total. The lowest BCUT2D eigenvalue weighted by atomic mass is 10.0. The SMILES string of the molecule is CCCCCCCC(=O)OC[C@H](COP(=O)(O)OC[C@H](O)COP(=O)(O)OC[C@@H](COC(=O)CCCCCCCCCCCCCCCC(C)C)OC(=O)CCCCCCCCCCCCCCCCC(C)C)OC(=O)CCCCCCCCC(C)C. The first-order chi connectivity index (χ1) is 41.7. The van der Waals surface area contributed by atoms with Crippen molar-refractivity contribution in [2.24, 2.45) is 17.8 Å². The molecule has 516 valence electrons. The van der Waals surface area contributed by atoms with Crippen molar-refractivity contribution >= 4 is 39.5 Å². The molecule has 0 aromatic carbocycles. The number of esters is 4. The van der Waals surface area contributed by atoms with Crippen molar-refractivity contribution in [3.63, 3.8) is 0 Å². The van der Waals surface area contributed by atoms with Gasteiger partial charge in [0.1, 0.15) is 19.3 Å². The van der Waals surface area contributed by atoms with Crippen molar-refractivity contribution in [2.75, 3.05) is 39.6 Å². The highest BCUT2D eigenvalue weighted by Gasteiger charge is 2.30. The van der Waals surface area contributed by atoms with Crippen molar-refractivity contribution in [2.45, 2.75) is 356 Å². The third kappa shape index (κ3) is 62.6. The zero-order chi connectivity index (χ0) is 64.5. The van der Waals surface area contributed by atoms with E-state index < -0.39 is 97.5 Å². The van der Waals surface area contributed by atoms with Crippen LogP contribution in [-0.2, 0) is 65.4 Å². The number of carbonyl (C=O) groups is 4. The van der Waals surface area contributed by atoms with Crippen molar-refractivity contribution in [1.82, 2.24) is 0 Å². The number of ether oxygens (including phenoxy) is 4. The van der Waals surface area contributed by atoms with Gasteiger partial charge in [-0.3, -0.25) is 37.3 Å². The van der Waals surface area contributed by atoms with Gasteiger partial charge in [0.2, 0.25) is 0 Å². The second kappa shape index (κ2) is 59.1. The molecule has 17 nitrogen and oxygen atoms in total. The second-order valence-electron chi connectivity index (χ2n) is 26.0. The lowest BCUT2D eigenvalue weighted by molar-refractivity contribution is -0.161. The number of carbonyl (C=O) groups excluding carboxylic acids is 4. The molecule has 0 saturated heterocycles. The van der Waals surface area contributed by atoms with Crippen LogP contribution >= 0.6 is 15.6 Å². The predicted molar refractivity (Wildman–Crippen MR) is 349 cm³/mol. The van der Waals surface area contributed by atoms with E-state index in [1.54, 1.807) is 0 Å². The summed E-state index contributed by atoms with van der Waals surface area (Å²) in [6.07, 6.45) is 42.3. The molecule has 0 aliphatic carbocycles. The summed E-state index contributed by atoms with van der Waals surface area (Å²) >= 11 is 0. The van der Waals surface area contributed by atoms with Crippen LogP contribution in [0.1, 0.15) is 337 Å². The second-order valence-corrected chi connectivity index (χ2v) is 28.9. The maximum atomic E-state index is 13.0. The third-order valence-electron chi connectivity index (χ3n) is 15.6. The van der Waals surface area contributed by atoms with Gasteiger partial charge in [0.15, 0.2) is 12.2 Å². The van der Waals surface area contributed by atoms with E-state index in [0.29, 0.717) is 31.6 Å². The highest BCUT2D eigenvalue weighted by atomic mass is 31.2. The molecule has 0 aromatic heterocycles. The molecule has 0 saturated carbocycles. The Morgan fingerprint density at radius 3 is 0.782 bits per heavy atom. The van der Waals surface area contributed by atoms with Crippen LogP contribution < -0.4 is 0 Å². The van der Waals surface area contributed by atoms with Gasteiger partial charge in [-0.2, -0.15) is 0 Å². The van der Waals surface area contributed by atoms with Gasteiger partial charge in [0.25, 0.3) is 0 Å². The van der Waals surface area contributed by atoms with Gasteiger partial charge in [-0.15, -0.1) is 0 Å². The molecule has 0 aromatic rings. The highest BCUT2D eigenvalue weighted by Crippen LogP contribution is 2.45. The van der Waals surface area contributed by atoms with E-state index in [1.807, 2.05) is 0 Å². The molecule has 87 heavy (non-hydrogen) atoms. The number of rotatable bonds is 66. The standard InChI is InChI=1S/C68H132O17P2/c1-8-9-10-32-42-49-65(70)78-55-63(85-68(73)52-45-38-31-30-35-41-48-61(6)7)57-82-86(74,75)80-53-62(69)54-81-87(76,77)83-58-64(56-79-66(71)50-43-36-28-24-20-17-13-15-19-23-27-34-40-47-60(4)5)84-67(72)51-44-37-29-25-21-16-12-11-14-18-22-26-33-39-46-59(2)3/h59-64,69H,8-58H2,1-7H3,(H,74,75)(H,76,77)/t62-,63+,64+/m0/s1. The lowest BCUT2D eigenvalue weighted by Crippen LogP contribution is -2.30. The van der Waals surface area contributed by atoms with Gasteiger partial charge in [0.05, 0.1) is 26.4 Å². The molecule has 2 unspecified atom stereocenters. The summed E-state index contributed by atoms with van der Waals surface area (Å²) in [7, 11) is -9.89. The Kier molecular flexibility index (Phi) is 57.8. The third-order valence-corrected chi connectivity index (χ3v) is 17.5. The Morgan fingerprint density at radius 1 is 0.310 bits per heavy atom. The van der Waals surface area contributed by atoms with Crippen LogP contribution in [0.25, 0.3) is 0 Å². The van der Waals surface area contributed by atoms with Gasteiger partial charge < -0.3 is 33.8 Å². The summed E-state index contributed by atoms with van der Waals surface area (Å²) in [6.45, 7) is 11.7. The van der Waals surface area contributed by atoms with E-state index in [4.69, 9.17) is 37.0 Å². The number of aliphatic hydroxyl groups is 1. The van der Waals surface area contributed by atoms with E-state index in [0.717, 1.165) is 108 Å². The normalized spacial score (nSPS) is 14.3. The number of hydrogen-bond acceptors (Lipinski definition) is 15. The average Bonchev–Trinajstić information content (AvgIpc) is 3.60. The largest absolute Gasteiger partial charge is 0.472 e. The van der Waals surface area contributed by atoms with Crippen LogP contribution in [0.4, 0.5) is 0 Å². The molecule has 0 rings (SSSR count). The van der Waals surface area contributed by atoms with Crippen LogP contribution in [0.3, 0.4) is 0 Å². The minimum absolute atomic E-state index is 0.101. The maximum absolute atomic E-state index is 13.0. The van der Waals surface area contributed by atoms with Gasteiger partial charge >= 0.3 is 39.5 Å². The molecule has 0 aliphatic heterocycles. The van der Waals surface area contributed by atoms with Crippen LogP contribution in [0.2, 0.25) is 0 Å². The summed E-state index contributed by atoms with van der Waals surface area (Å²) < 4.78 is 67.9. The van der Waals surface area contributed by atoms with Crippen molar-refractivity contribution < 1.29 is 80.2 Å². The van der Waals surface area contributed by atoms with Crippen molar-refractivity contribution in [1.29, 1.82) is 0 Å². The summed E-state index contributed by atoms with van der Waals surface area (Å²) in [5.41, 5.74) is 0. The zero-order valence-corrected chi connectivity index (χ0v) is 58.3. The molecule has 0 fully saturated rings. The maximum Gasteiger partial charge on any atom is 0.472 e.